The number of rotatable bonds is 6. The van der Waals surface area contributed by atoms with E-state index < -0.39 is 0 Å². The van der Waals surface area contributed by atoms with Crippen LogP contribution in [-0.2, 0) is 0 Å². The maximum absolute atomic E-state index is 9.49. The fourth-order valence-corrected chi connectivity index (χ4v) is 2.47. The van der Waals surface area contributed by atoms with E-state index in [1.807, 2.05) is 54.6 Å². The first-order valence-electron chi connectivity index (χ1n) is 8.45. The third-order valence-electron chi connectivity index (χ3n) is 3.92. The van der Waals surface area contributed by atoms with Crippen LogP contribution in [0.5, 0.6) is 5.75 Å². The summed E-state index contributed by atoms with van der Waals surface area (Å²) >= 11 is 0. The van der Waals surface area contributed by atoms with Gasteiger partial charge in [0.25, 0.3) is 0 Å². The standard InChI is InChI=1S/C21H21N3O/c1-15(2)11-12-25-18-9-7-16(8-10-18)13-17(14-22)21-23-19-5-3-4-6-20(19)24-21/h3-10,13,15H,11-12H2,1-2H3,(H,23,24)/b17-13+. The summed E-state index contributed by atoms with van der Waals surface area (Å²) in [5, 5.41) is 9.49. The van der Waals surface area contributed by atoms with Crippen LogP contribution in [0.25, 0.3) is 22.7 Å². The average molecular weight is 331 g/mol. The molecule has 3 rings (SSSR count). The van der Waals surface area contributed by atoms with Crippen LogP contribution in [0.2, 0.25) is 0 Å². The predicted octanol–water partition coefficient (Wildman–Crippen LogP) is 5.05. The van der Waals surface area contributed by atoms with Crippen LogP contribution < -0.4 is 4.74 Å². The summed E-state index contributed by atoms with van der Waals surface area (Å²) in [6.45, 7) is 5.08. The van der Waals surface area contributed by atoms with Crippen molar-refractivity contribution in [2.24, 2.45) is 5.92 Å². The number of nitrogens with one attached hydrogen (secondary N) is 1. The Morgan fingerprint density at radius 1 is 1.20 bits per heavy atom. The third kappa shape index (κ3) is 4.27. The van der Waals surface area contributed by atoms with E-state index in [9.17, 15) is 5.26 Å². The lowest BCUT2D eigenvalue weighted by atomic mass is 10.1. The minimum Gasteiger partial charge on any atom is -0.494 e. The molecule has 0 aliphatic heterocycles. The van der Waals surface area contributed by atoms with Gasteiger partial charge in [-0.3, -0.25) is 0 Å². The number of nitrogens with zero attached hydrogens (tertiary/aromatic N) is 2. The Hall–Kier alpha value is -3.06. The van der Waals surface area contributed by atoms with E-state index in [2.05, 4.69) is 29.9 Å². The summed E-state index contributed by atoms with van der Waals surface area (Å²) < 4.78 is 5.72. The number of ether oxygens (including phenoxy) is 1. The van der Waals surface area contributed by atoms with Crippen molar-refractivity contribution in [1.82, 2.24) is 9.97 Å². The lowest BCUT2D eigenvalue weighted by Gasteiger charge is -2.08. The highest BCUT2D eigenvalue weighted by molar-refractivity contribution is 5.90. The summed E-state index contributed by atoms with van der Waals surface area (Å²) in [4.78, 5) is 7.67. The van der Waals surface area contributed by atoms with Crippen molar-refractivity contribution in [3.63, 3.8) is 0 Å². The van der Waals surface area contributed by atoms with Gasteiger partial charge >= 0.3 is 0 Å². The number of allylic oxidation sites excluding steroid dienone is 1. The summed E-state index contributed by atoms with van der Waals surface area (Å²) in [7, 11) is 0. The molecule has 1 N–H and O–H groups in total. The summed E-state index contributed by atoms with van der Waals surface area (Å²) in [5.74, 6) is 2.06. The first-order valence-corrected chi connectivity index (χ1v) is 8.45. The normalized spacial score (nSPS) is 11.7. The molecular formula is C21H21N3O. The minimum absolute atomic E-state index is 0.504. The van der Waals surface area contributed by atoms with Crippen LogP contribution in [0.15, 0.2) is 48.5 Å². The van der Waals surface area contributed by atoms with Crippen LogP contribution in [0.1, 0.15) is 31.7 Å². The SMILES string of the molecule is CC(C)CCOc1ccc(/C=C(\C#N)c2nc3ccccc3[nH]2)cc1. The fraction of sp³-hybridized carbons (Fsp3) is 0.238. The van der Waals surface area contributed by atoms with Gasteiger partial charge in [-0.05, 0) is 48.2 Å². The number of H-pyrrole nitrogens is 1. The number of fused-ring (bicyclic) bond motifs is 1. The van der Waals surface area contributed by atoms with E-state index in [1.165, 1.54) is 0 Å². The molecule has 0 aliphatic rings. The summed E-state index contributed by atoms with van der Waals surface area (Å²) in [6.07, 6.45) is 2.86. The zero-order chi connectivity index (χ0) is 17.6. The highest BCUT2D eigenvalue weighted by Gasteiger charge is 2.07. The number of nitriles is 1. The first kappa shape index (κ1) is 16.8. The lowest BCUT2D eigenvalue weighted by Crippen LogP contribution is -2.01. The van der Waals surface area contributed by atoms with Crippen LogP contribution >= 0.6 is 0 Å². The Kier molecular flexibility index (Phi) is 5.15. The highest BCUT2D eigenvalue weighted by atomic mass is 16.5. The molecule has 0 atom stereocenters. The summed E-state index contributed by atoms with van der Waals surface area (Å²) in [5.41, 5.74) is 3.22. The monoisotopic (exact) mass is 331 g/mol. The molecule has 3 aromatic rings. The second kappa shape index (κ2) is 7.67. The lowest BCUT2D eigenvalue weighted by molar-refractivity contribution is 0.289. The van der Waals surface area contributed by atoms with Gasteiger partial charge in [0.15, 0.2) is 0 Å². The number of hydrogen-bond acceptors (Lipinski definition) is 3. The van der Waals surface area contributed by atoms with Gasteiger partial charge in [0, 0.05) is 0 Å². The van der Waals surface area contributed by atoms with E-state index >= 15 is 0 Å². The number of para-hydroxylation sites is 2. The number of aromatic nitrogens is 2. The Morgan fingerprint density at radius 2 is 1.96 bits per heavy atom. The number of aromatic amines is 1. The molecule has 2 aromatic carbocycles. The first-order chi connectivity index (χ1) is 12.2. The number of imidazole rings is 1. The second-order valence-corrected chi connectivity index (χ2v) is 6.37. The quantitative estimate of drug-likeness (QED) is 0.643. The Bertz CT molecular complexity index is 881. The molecule has 0 fully saturated rings. The van der Waals surface area contributed by atoms with Gasteiger partial charge in [-0.2, -0.15) is 5.26 Å². The van der Waals surface area contributed by atoms with Crippen molar-refractivity contribution in [3.8, 4) is 11.8 Å². The van der Waals surface area contributed by atoms with Crippen LogP contribution in [0.4, 0.5) is 0 Å². The van der Waals surface area contributed by atoms with E-state index in [0.717, 1.165) is 35.4 Å². The molecule has 0 spiro atoms. The average Bonchev–Trinajstić information content (AvgIpc) is 3.04. The Morgan fingerprint density at radius 3 is 2.64 bits per heavy atom. The smallest absolute Gasteiger partial charge is 0.149 e. The van der Waals surface area contributed by atoms with Gasteiger partial charge < -0.3 is 9.72 Å². The molecule has 0 amide bonds. The van der Waals surface area contributed by atoms with Crippen LogP contribution in [-0.4, -0.2) is 16.6 Å². The molecule has 4 nitrogen and oxygen atoms in total. The van der Waals surface area contributed by atoms with Crippen molar-refractivity contribution >= 4 is 22.7 Å². The van der Waals surface area contributed by atoms with Gasteiger partial charge in [0.1, 0.15) is 17.6 Å². The molecule has 4 heteroatoms. The van der Waals surface area contributed by atoms with Crippen molar-refractivity contribution in [2.45, 2.75) is 20.3 Å². The molecule has 25 heavy (non-hydrogen) atoms. The van der Waals surface area contributed by atoms with Crippen molar-refractivity contribution in [3.05, 3.63) is 59.9 Å². The maximum Gasteiger partial charge on any atom is 0.149 e. The van der Waals surface area contributed by atoms with E-state index in [4.69, 9.17) is 4.74 Å². The molecule has 0 aliphatic carbocycles. The molecule has 1 heterocycles. The largest absolute Gasteiger partial charge is 0.494 e. The summed E-state index contributed by atoms with van der Waals surface area (Å²) in [6, 6.07) is 17.7. The topological polar surface area (TPSA) is 61.7 Å². The minimum atomic E-state index is 0.504. The predicted molar refractivity (Wildman–Crippen MR) is 101 cm³/mol. The van der Waals surface area contributed by atoms with Crippen molar-refractivity contribution in [1.29, 1.82) is 5.26 Å². The fourth-order valence-electron chi connectivity index (χ4n) is 2.47. The Labute approximate surface area is 147 Å². The molecule has 0 bridgehead atoms. The molecule has 0 radical (unpaired) electrons. The number of benzene rings is 2. The van der Waals surface area contributed by atoms with Crippen molar-refractivity contribution in [2.75, 3.05) is 6.61 Å². The van der Waals surface area contributed by atoms with Gasteiger partial charge in [-0.1, -0.05) is 38.1 Å². The van der Waals surface area contributed by atoms with Crippen LogP contribution in [0.3, 0.4) is 0 Å². The van der Waals surface area contributed by atoms with Gasteiger partial charge in [-0.25, -0.2) is 4.98 Å². The number of hydrogen-bond donors (Lipinski definition) is 1. The molecular weight excluding hydrogens is 310 g/mol. The van der Waals surface area contributed by atoms with Crippen LogP contribution in [0, 0.1) is 17.2 Å². The van der Waals surface area contributed by atoms with Gasteiger partial charge in [0.05, 0.1) is 23.2 Å². The second-order valence-electron chi connectivity index (χ2n) is 6.37. The Balaban J connectivity index is 1.77. The third-order valence-corrected chi connectivity index (χ3v) is 3.92. The molecule has 0 saturated heterocycles. The van der Waals surface area contributed by atoms with Gasteiger partial charge in [0.2, 0.25) is 0 Å². The van der Waals surface area contributed by atoms with E-state index in [-0.39, 0.29) is 0 Å². The van der Waals surface area contributed by atoms with Crippen molar-refractivity contribution < 1.29 is 4.74 Å². The maximum atomic E-state index is 9.49. The molecule has 0 saturated carbocycles. The molecule has 1 aromatic heterocycles. The zero-order valence-corrected chi connectivity index (χ0v) is 14.5. The van der Waals surface area contributed by atoms with Gasteiger partial charge in [-0.15, -0.1) is 0 Å². The van der Waals surface area contributed by atoms with E-state index in [0.29, 0.717) is 17.3 Å². The molecule has 126 valence electrons. The molecule has 0 unspecified atom stereocenters. The van der Waals surface area contributed by atoms with E-state index in [1.54, 1.807) is 0 Å². The highest BCUT2D eigenvalue weighted by Crippen LogP contribution is 2.20. The zero-order valence-electron chi connectivity index (χ0n) is 14.5.